The number of hydrogen-bond donors (Lipinski definition) is 1. The number of fused-ring (bicyclic) bond motifs is 1. The van der Waals surface area contributed by atoms with Crippen molar-refractivity contribution in [2.45, 2.75) is 45.5 Å². The molecule has 0 saturated heterocycles. The van der Waals surface area contributed by atoms with E-state index in [0.29, 0.717) is 11.9 Å². The second-order valence-electron chi connectivity index (χ2n) is 5.79. The molecule has 22 heavy (non-hydrogen) atoms. The van der Waals surface area contributed by atoms with E-state index >= 15 is 0 Å². The molecule has 0 spiro atoms. The van der Waals surface area contributed by atoms with Crippen LogP contribution >= 0.6 is 0 Å². The van der Waals surface area contributed by atoms with Gasteiger partial charge in [-0.25, -0.2) is 4.98 Å². The molecule has 0 fully saturated rings. The van der Waals surface area contributed by atoms with Crippen LogP contribution in [-0.2, 0) is 17.5 Å². The van der Waals surface area contributed by atoms with Crippen molar-refractivity contribution < 1.29 is 18.0 Å². The fourth-order valence-electron chi connectivity index (χ4n) is 2.10. The molecule has 1 aromatic heterocycles. The highest BCUT2D eigenvalue weighted by molar-refractivity contribution is 5.81. The molecule has 1 aromatic carbocycles. The van der Waals surface area contributed by atoms with E-state index in [1.807, 2.05) is 20.8 Å². The fraction of sp³-hybridized carbons (Fsp3) is 0.467. The number of para-hydroxylation sites is 2. The van der Waals surface area contributed by atoms with E-state index in [-0.39, 0.29) is 5.52 Å². The Bertz CT molecular complexity index is 689. The zero-order valence-corrected chi connectivity index (χ0v) is 12.7. The summed E-state index contributed by atoms with van der Waals surface area (Å²) in [4.78, 5) is 15.7. The third-order valence-electron chi connectivity index (χ3n) is 3.57. The van der Waals surface area contributed by atoms with Gasteiger partial charge >= 0.3 is 6.18 Å². The van der Waals surface area contributed by atoms with Crippen LogP contribution in [0.5, 0.6) is 0 Å². The van der Waals surface area contributed by atoms with E-state index in [1.165, 1.54) is 12.1 Å². The summed E-state index contributed by atoms with van der Waals surface area (Å²) in [6, 6.07) is 6.25. The number of imidazole rings is 1. The number of carbonyl (C=O) groups excluding carboxylic acids is 1. The van der Waals surface area contributed by atoms with E-state index in [2.05, 4.69) is 10.3 Å². The van der Waals surface area contributed by atoms with Crippen LogP contribution in [0.25, 0.3) is 11.0 Å². The summed E-state index contributed by atoms with van der Waals surface area (Å²) in [6.45, 7) is 5.12. The van der Waals surface area contributed by atoms with Crippen LogP contribution in [-0.4, -0.2) is 21.0 Å². The van der Waals surface area contributed by atoms with Gasteiger partial charge in [0, 0.05) is 5.54 Å². The molecule has 1 heterocycles. The second kappa shape index (κ2) is 5.62. The van der Waals surface area contributed by atoms with Crippen molar-refractivity contribution in [3.8, 4) is 0 Å². The molecule has 120 valence electrons. The van der Waals surface area contributed by atoms with E-state index in [4.69, 9.17) is 0 Å². The normalized spacial score (nSPS) is 12.6. The molecule has 0 saturated carbocycles. The zero-order chi connectivity index (χ0) is 16.5. The minimum absolute atomic E-state index is 0.220. The first-order valence-electron chi connectivity index (χ1n) is 6.97. The molecular formula is C15H18F3N3O. The molecule has 0 aliphatic rings. The van der Waals surface area contributed by atoms with Gasteiger partial charge in [0.25, 0.3) is 0 Å². The van der Waals surface area contributed by atoms with E-state index in [9.17, 15) is 18.0 Å². The summed E-state index contributed by atoms with van der Waals surface area (Å²) in [5, 5.41) is 2.73. The van der Waals surface area contributed by atoms with E-state index in [1.54, 1.807) is 12.1 Å². The summed E-state index contributed by atoms with van der Waals surface area (Å²) < 4.78 is 40.3. The van der Waals surface area contributed by atoms with Crippen LogP contribution in [0.3, 0.4) is 0 Å². The summed E-state index contributed by atoms with van der Waals surface area (Å²) in [5.41, 5.74) is 0.0444. The lowest BCUT2D eigenvalue weighted by Gasteiger charge is -2.25. The lowest BCUT2D eigenvalue weighted by atomic mass is 10.0. The minimum atomic E-state index is -4.61. The van der Waals surface area contributed by atoms with Gasteiger partial charge in [-0.1, -0.05) is 19.1 Å². The molecule has 0 radical (unpaired) electrons. The van der Waals surface area contributed by atoms with Crippen molar-refractivity contribution in [2.75, 3.05) is 0 Å². The Morgan fingerprint density at radius 1 is 1.27 bits per heavy atom. The summed E-state index contributed by atoms with van der Waals surface area (Å²) >= 11 is 0. The van der Waals surface area contributed by atoms with Crippen LogP contribution in [0.4, 0.5) is 13.2 Å². The summed E-state index contributed by atoms with van der Waals surface area (Å²) in [7, 11) is 0. The number of alkyl halides is 3. The SMILES string of the molecule is CCC(C)(C)NC(=O)Cn1c(C(F)(F)F)nc2ccccc21. The van der Waals surface area contributed by atoms with Crippen LogP contribution in [0.1, 0.15) is 33.0 Å². The molecule has 0 bridgehead atoms. The number of carbonyl (C=O) groups is 1. The minimum Gasteiger partial charge on any atom is -0.350 e. The number of hydrogen-bond acceptors (Lipinski definition) is 2. The van der Waals surface area contributed by atoms with Gasteiger partial charge in [0.05, 0.1) is 11.0 Å². The zero-order valence-electron chi connectivity index (χ0n) is 12.7. The number of amides is 1. The molecule has 1 N–H and O–H groups in total. The van der Waals surface area contributed by atoms with Gasteiger partial charge in [0.15, 0.2) is 0 Å². The molecular weight excluding hydrogens is 295 g/mol. The van der Waals surface area contributed by atoms with Gasteiger partial charge in [-0.05, 0) is 32.4 Å². The van der Waals surface area contributed by atoms with Gasteiger partial charge in [-0.15, -0.1) is 0 Å². The van der Waals surface area contributed by atoms with Crippen LogP contribution < -0.4 is 5.32 Å². The monoisotopic (exact) mass is 313 g/mol. The van der Waals surface area contributed by atoms with Crippen LogP contribution in [0.2, 0.25) is 0 Å². The average Bonchev–Trinajstić information content (AvgIpc) is 2.77. The van der Waals surface area contributed by atoms with Crippen molar-refractivity contribution in [1.82, 2.24) is 14.9 Å². The predicted molar refractivity (Wildman–Crippen MR) is 77.2 cm³/mol. The van der Waals surface area contributed by atoms with Gasteiger partial charge in [0.2, 0.25) is 11.7 Å². The average molecular weight is 313 g/mol. The topological polar surface area (TPSA) is 46.9 Å². The van der Waals surface area contributed by atoms with Crippen molar-refractivity contribution >= 4 is 16.9 Å². The highest BCUT2D eigenvalue weighted by atomic mass is 19.4. The number of benzene rings is 1. The molecule has 1 amide bonds. The number of halogens is 3. The maximum atomic E-state index is 13.1. The Labute approximate surface area is 126 Å². The number of aromatic nitrogens is 2. The maximum Gasteiger partial charge on any atom is 0.449 e. The quantitative estimate of drug-likeness (QED) is 0.941. The molecule has 0 aliphatic heterocycles. The van der Waals surface area contributed by atoms with Gasteiger partial charge < -0.3 is 9.88 Å². The Morgan fingerprint density at radius 3 is 2.50 bits per heavy atom. The fourth-order valence-corrected chi connectivity index (χ4v) is 2.10. The molecule has 0 atom stereocenters. The molecule has 0 aliphatic carbocycles. The third kappa shape index (κ3) is 3.40. The lowest BCUT2D eigenvalue weighted by molar-refractivity contribution is -0.147. The standard InChI is InChI=1S/C15H18F3N3O/c1-4-14(2,3)20-12(22)9-21-11-8-6-5-7-10(11)19-13(21)15(16,17)18/h5-8H,4,9H2,1-3H3,(H,20,22). The summed E-state index contributed by atoms with van der Waals surface area (Å²) in [5.74, 6) is -1.53. The Balaban J connectivity index is 2.39. The molecule has 2 rings (SSSR count). The van der Waals surface area contributed by atoms with Crippen molar-refractivity contribution in [2.24, 2.45) is 0 Å². The Kier molecular flexibility index (Phi) is 4.17. The highest BCUT2D eigenvalue weighted by Gasteiger charge is 2.38. The molecule has 2 aromatic rings. The van der Waals surface area contributed by atoms with Crippen LogP contribution in [0, 0.1) is 0 Å². The van der Waals surface area contributed by atoms with Crippen molar-refractivity contribution in [3.05, 3.63) is 30.1 Å². The van der Waals surface area contributed by atoms with E-state index < -0.39 is 30.0 Å². The lowest BCUT2D eigenvalue weighted by Crippen LogP contribution is -2.44. The van der Waals surface area contributed by atoms with Crippen molar-refractivity contribution in [3.63, 3.8) is 0 Å². The van der Waals surface area contributed by atoms with Gasteiger partial charge in [0.1, 0.15) is 6.54 Å². The third-order valence-corrected chi connectivity index (χ3v) is 3.57. The van der Waals surface area contributed by atoms with Gasteiger partial charge in [-0.3, -0.25) is 4.79 Å². The smallest absolute Gasteiger partial charge is 0.350 e. The largest absolute Gasteiger partial charge is 0.449 e. The summed E-state index contributed by atoms with van der Waals surface area (Å²) in [6.07, 6.45) is -3.94. The second-order valence-corrected chi connectivity index (χ2v) is 5.79. The van der Waals surface area contributed by atoms with Crippen molar-refractivity contribution in [1.29, 1.82) is 0 Å². The van der Waals surface area contributed by atoms with E-state index in [0.717, 1.165) is 4.57 Å². The predicted octanol–water partition coefficient (Wildman–Crippen LogP) is 3.36. The number of nitrogens with zero attached hydrogens (tertiary/aromatic N) is 2. The first-order chi connectivity index (χ1) is 10.1. The molecule has 4 nitrogen and oxygen atoms in total. The van der Waals surface area contributed by atoms with Gasteiger partial charge in [-0.2, -0.15) is 13.2 Å². The molecule has 0 unspecified atom stereocenters. The van der Waals surface area contributed by atoms with Crippen LogP contribution in [0.15, 0.2) is 24.3 Å². The first kappa shape index (κ1) is 16.3. The number of nitrogens with one attached hydrogen (secondary N) is 1. The highest BCUT2D eigenvalue weighted by Crippen LogP contribution is 2.31. The maximum absolute atomic E-state index is 13.1. The number of rotatable bonds is 4. The Hall–Kier alpha value is -2.05. The first-order valence-corrected chi connectivity index (χ1v) is 6.97. The molecule has 7 heteroatoms. The Morgan fingerprint density at radius 2 is 1.91 bits per heavy atom.